The maximum Gasteiger partial charge on any atom is 0.418 e. The predicted octanol–water partition coefficient (Wildman–Crippen LogP) is 3.13. The van der Waals surface area contributed by atoms with E-state index in [2.05, 4.69) is 17.5 Å². The monoisotopic (exact) mass is 362 g/mol. The first-order chi connectivity index (χ1) is 12.4. The van der Waals surface area contributed by atoms with E-state index in [1.54, 1.807) is 0 Å². The second-order valence-electron chi connectivity index (χ2n) is 7.64. The summed E-state index contributed by atoms with van der Waals surface area (Å²) in [5, 5.41) is 2.65. The molecule has 0 spiro atoms. The van der Waals surface area contributed by atoms with Crippen molar-refractivity contribution in [2.75, 3.05) is 12.0 Å². The van der Waals surface area contributed by atoms with Gasteiger partial charge in [0.05, 0.1) is 24.1 Å². The van der Waals surface area contributed by atoms with Crippen LogP contribution in [0.3, 0.4) is 0 Å². The number of allylic oxidation sites excluding steroid dienone is 2. The fourth-order valence-electron chi connectivity index (χ4n) is 5.22. The number of para-hydroxylation sites is 1. The van der Waals surface area contributed by atoms with Crippen LogP contribution in [0.5, 0.6) is 0 Å². The Bertz CT molecular complexity index is 798. The van der Waals surface area contributed by atoms with Crippen LogP contribution in [0, 0.1) is 35.5 Å². The lowest BCUT2D eigenvalue weighted by Gasteiger charge is -2.37. The molecule has 0 aromatic heterocycles. The molecule has 1 aliphatic heterocycles. The Balaban J connectivity index is 1.37. The van der Waals surface area contributed by atoms with Crippen molar-refractivity contribution in [3.05, 3.63) is 42.0 Å². The Morgan fingerprint density at radius 1 is 1.00 bits per heavy atom. The van der Waals surface area contributed by atoms with Crippen molar-refractivity contribution < 1.29 is 22.8 Å². The van der Waals surface area contributed by atoms with Gasteiger partial charge in [0, 0.05) is 5.69 Å². The van der Waals surface area contributed by atoms with Crippen LogP contribution in [0.2, 0.25) is 0 Å². The SMILES string of the molecule is O=C1[C@@H]2[C@H]3C=C[C@@H]([C@@H]4C[C@@H]34)[C@H]2C(=O)N1CNc1ccccc1C(F)(F)F. The minimum absolute atomic E-state index is 0.110. The number of likely N-dealkylation sites (tertiary alicyclic amines) is 1. The number of carbonyl (C=O) groups is 2. The zero-order valence-corrected chi connectivity index (χ0v) is 13.7. The molecule has 1 heterocycles. The molecular formula is C19H17F3N2O2. The number of anilines is 1. The van der Waals surface area contributed by atoms with Crippen molar-refractivity contribution in [1.82, 2.24) is 4.90 Å². The number of hydrogen-bond acceptors (Lipinski definition) is 3. The summed E-state index contributed by atoms with van der Waals surface area (Å²) in [5.41, 5.74) is -0.932. The van der Waals surface area contributed by atoms with E-state index in [1.807, 2.05) is 0 Å². The minimum Gasteiger partial charge on any atom is -0.367 e. The van der Waals surface area contributed by atoms with E-state index in [4.69, 9.17) is 0 Å². The van der Waals surface area contributed by atoms with Crippen molar-refractivity contribution >= 4 is 17.5 Å². The molecule has 4 nitrogen and oxygen atoms in total. The average molecular weight is 362 g/mol. The van der Waals surface area contributed by atoms with Gasteiger partial charge in [-0.2, -0.15) is 13.2 Å². The van der Waals surface area contributed by atoms with Crippen molar-refractivity contribution in [1.29, 1.82) is 0 Å². The first-order valence-corrected chi connectivity index (χ1v) is 8.81. The second kappa shape index (κ2) is 5.11. The third kappa shape index (κ3) is 2.09. The molecule has 0 radical (unpaired) electrons. The van der Waals surface area contributed by atoms with Crippen molar-refractivity contribution in [2.24, 2.45) is 35.5 Å². The van der Waals surface area contributed by atoms with Gasteiger partial charge in [0.1, 0.15) is 0 Å². The van der Waals surface area contributed by atoms with Gasteiger partial charge >= 0.3 is 6.18 Å². The highest BCUT2D eigenvalue weighted by molar-refractivity contribution is 6.06. The lowest BCUT2D eigenvalue weighted by Crippen LogP contribution is -2.40. The first kappa shape index (κ1) is 15.9. The molecule has 2 saturated carbocycles. The molecular weight excluding hydrogens is 345 g/mol. The molecule has 6 atom stereocenters. The van der Waals surface area contributed by atoms with Gasteiger partial charge in [0.2, 0.25) is 11.8 Å². The third-order valence-corrected chi connectivity index (χ3v) is 6.41. The first-order valence-electron chi connectivity index (χ1n) is 8.81. The molecule has 2 bridgehead atoms. The molecule has 2 amide bonds. The topological polar surface area (TPSA) is 49.4 Å². The fraction of sp³-hybridized carbons (Fsp3) is 0.474. The average Bonchev–Trinajstić information content (AvgIpc) is 3.38. The maximum absolute atomic E-state index is 13.1. The van der Waals surface area contributed by atoms with E-state index in [-0.39, 0.29) is 47.8 Å². The second-order valence-corrected chi connectivity index (χ2v) is 7.64. The summed E-state index contributed by atoms with van der Waals surface area (Å²) < 4.78 is 39.3. The molecule has 7 heteroatoms. The molecule has 4 aliphatic carbocycles. The highest BCUT2D eigenvalue weighted by atomic mass is 19.4. The van der Waals surface area contributed by atoms with Gasteiger partial charge in [-0.3, -0.25) is 14.5 Å². The summed E-state index contributed by atoms with van der Waals surface area (Å²) in [6, 6.07) is 5.09. The number of hydrogen-bond donors (Lipinski definition) is 1. The van der Waals surface area contributed by atoms with Gasteiger partial charge in [-0.05, 0) is 42.2 Å². The van der Waals surface area contributed by atoms with Gasteiger partial charge < -0.3 is 5.32 Å². The van der Waals surface area contributed by atoms with Crippen LogP contribution >= 0.6 is 0 Å². The molecule has 136 valence electrons. The highest BCUT2D eigenvalue weighted by Crippen LogP contribution is 2.65. The number of alkyl halides is 3. The molecule has 1 saturated heterocycles. The molecule has 6 rings (SSSR count). The van der Waals surface area contributed by atoms with Gasteiger partial charge in [-0.15, -0.1) is 0 Å². The number of rotatable bonds is 3. The highest BCUT2D eigenvalue weighted by Gasteiger charge is 2.66. The number of benzene rings is 1. The summed E-state index contributed by atoms with van der Waals surface area (Å²) >= 11 is 0. The Kier molecular flexibility index (Phi) is 3.13. The number of nitrogens with zero attached hydrogens (tertiary/aromatic N) is 1. The standard InChI is InChI=1S/C19H17F3N2O2/c20-19(21,22)13-3-1-2-4-14(13)23-8-24-17(25)15-9-5-6-10(12-7-11(9)12)16(15)18(24)26/h1-6,9-12,15-16,23H,7-8H2/t9-,10-,11-,12-,15+,16+/m0/s1. The van der Waals surface area contributed by atoms with E-state index in [1.165, 1.54) is 18.2 Å². The van der Waals surface area contributed by atoms with Crippen LogP contribution < -0.4 is 5.32 Å². The summed E-state index contributed by atoms with van der Waals surface area (Å²) in [7, 11) is 0. The summed E-state index contributed by atoms with van der Waals surface area (Å²) in [6.45, 7) is -0.230. The van der Waals surface area contributed by atoms with Gasteiger partial charge in [0.15, 0.2) is 0 Å². The Morgan fingerprint density at radius 3 is 2.15 bits per heavy atom. The maximum atomic E-state index is 13.1. The summed E-state index contributed by atoms with van der Waals surface area (Å²) in [6.07, 6.45) is 0.718. The van der Waals surface area contributed by atoms with Gasteiger partial charge in [-0.1, -0.05) is 24.3 Å². The number of amides is 2. The lowest BCUT2D eigenvalue weighted by molar-refractivity contribution is -0.139. The molecule has 26 heavy (non-hydrogen) atoms. The van der Waals surface area contributed by atoms with E-state index in [0.717, 1.165) is 17.4 Å². The summed E-state index contributed by atoms with van der Waals surface area (Å²) in [5.74, 6) is 0.0618. The van der Waals surface area contributed by atoms with Crippen molar-refractivity contribution in [2.45, 2.75) is 12.6 Å². The molecule has 0 unspecified atom stereocenters. The lowest BCUT2D eigenvalue weighted by atomic mass is 9.63. The summed E-state index contributed by atoms with van der Waals surface area (Å²) in [4.78, 5) is 26.7. The smallest absolute Gasteiger partial charge is 0.367 e. The van der Waals surface area contributed by atoms with E-state index < -0.39 is 11.7 Å². The Morgan fingerprint density at radius 2 is 1.58 bits per heavy atom. The zero-order valence-electron chi connectivity index (χ0n) is 13.7. The quantitative estimate of drug-likeness (QED) is 0.664. The number of nitrogens with one attached hydrogen (secondary N) is 1. The van der Waals surface area contributed by atoms with Gasteiger partial charge in [0.25, 0.3) is 0 Å². The van der Waals surface area contributed by atoms with Crippen LogP contribution in [0.15, 0.2) is 36.4 Å². The molecule has 1 aromatic rings. The normalized spacial score (nSPS) is 37.0. The van der Waals surface area contributed by atoms with Crippen LogP contribution in [-0.2, 0) is 15.8 Å². The van der Waals surface area contributed by atoms with Gasteiger partial charge in [-0.25, -0.2) is 0 Å². The van der Waals surface area contributed by atoms with Crippen LogP contribution in [0.25, 0.3) is 0 Å². The molecule has 3 fully saturated rings. The number of imide groups is 1. The Hall–Kier alpha value is -2.31. The number of carbonyl (C=O) groups excluding carboxylic acids is 2. The Labute approximate surface area is 148 Å². The zero-order chi connectivity index (χ0) is 18.2. The fourth-order valence-corrected chi connectivity index (χ4v) is 5.22. The van der Waals surface area contributed by atoms with Crippen LogP contribution in [0.4, 0.5) is 18.9 Å². The van der Waals surface area contributed by atoms with E-state index in [9.17, 15) is 22.8 Å². The third-order valence-electron chi connectivity index (χ3n) is 6.41. The van der Waals surface area contributed by atoms with Crippen LogP contribution in [0.1, 0.15) is 12.0 Å². The van der Waals surface area contributed by atoms with E-state index in [0.29, 0.717) is 11.8 Å². The minimum atomic E-state index is -4.50. The van der Waals surface area contributed by atoms with Crippen molar-refractivity contribution in [3.8, 4) is 0 Å². The predicted molar refractivity (Wildman–Crippen MR) is 86.5 cm³/mol. The molecule has 1 aromatic carbocycles. The van der Waals surface area contributed by atoms with E-state index >= 15 is 0 Å². The van der Waals surface area contributed by atoms with Crippen LogP contribution in [-0.4, -0.2) is 23.4 Å². The largest absolute Gasteiger partial charge is 0.418 e. The molecule has 1 N–H and O–H groups in total. The van der Waals surface area contributed by atoms with Crippen molar-refractivity contribution in [3.63, 3.8) is 0 Å². The number of halogens is 3. The molecule has 5 aliphatic rings.